The average molecular weight is 199 g/mol. The van der Waals surface area contributed by atoms with Crippen LogP contribution in [-0.4, -0.2) is 5.60 Å². The van der Waals surface area contributed by atoms with Crippen molar-refractivity contribution < 1.29 is 4.74 Å². The number of nitrogen functional groups attached to an aromatic ring is 1. The Labute approximate surface area is 89.0 Å². The van der Waals surface area contributed by atoms with Gasteiger partial charge in [0, 0.05) is 11.3 Å². The molecule has 0 fully saturated rings. The van der Waals surface area contributed by atoms with E-state index in [1.165, 1.54) is 0 Å². The minimum atomic E-state index is -0.257. The molecule has 1 heterocycles. The summed E-state index contributed by atoms with van der Waals surface area (Å²) in [5, 5.41) is 0. The molecule has 2 nitrogen and oxygen atoms in total. The first-order valence-corrected chi connectivity index (χ1v) is 5.14. The largest absolute Gasteiger partial charge is 0.482 e. The molecule has 1 aromatic carbocycles. The predicted molar refractivity (Wildman–Crippen MR) is 60.9 cm³/mol. The summed E-state index contributed by atoms with van der Waals surface area (Å²) in [6.45, 7) is 2.09. The molecule has 1 aliphatic heterocycles. The molecule has 2 N–H and O–H groups in total. The van der Waals surface area contributed by atoms with E-state index in [-0.39, 0.29) is 11.5 Å². The van der Waals surface area contributed by atoms with E-state index in [0.717, 1.165) is 17.0 Å². The Morgan fingerprint density at radius 1 is 1.33 bits per heavy atom. The Morgan fingerprint density at radius 3 is 3.07 bits per heavy atom. The van der Waals surface area contributed by atoms with Gasteiger partial charge in [0.2, 0.25) is 0 Å². The van der Waals surface area contributed by atoms with Crippen LogP contribution in [0.1, 0.15) is 18.4 Å². The normalized spacial score (nSPS) is 30.9. The summed E-state index contributed by atoms with van der Waals surface area (Å²) in [5.41, 5.74) is 7.69. The van der Waals surface area contributed by atoms with E-state index in [4.69, 9.17) is 10.5 Å². The molecular formula is C13H13NO. The lowest BCUT2D eigenvalue weighted by Gasteiger charge is -2.27. The minimum Gasteiger partial charge on any atom is -0.482 e. The zero-order valence-corrected chi connectivity index (χ0v) is 8.60. The maximum absolute atomic E-state index is 6.00. The van der Waals surface area contributed by atoms with Gasteiger partial charge in [-0.15, -0.1) is 0 Å². The second kappa shape index (κ2) is 2.66. The Hall–Kier alpha value is -1.70. The number of nitrogens with two attached hydrogens (primary N) is 1. The molecule has 2 heteroatoms. The Kier molecular flexibility index (Phi) is 1.52. The summed E-state index contributed by atoms with van der Waals surface area (Å²) in [6, 6.07) is 5.85. The smallest absolute Gasteiger partial charge is 0.135 e. The minimum absolute atomic E-state index is 0.249. The topological polar surface area (TPSA) is 35.2 Å². The van der Waals surface area contributed by atoms with Gasteiger partial charge in [-0.25, -0.2) is 0 Å². The van der Waals surface area contributed by atoms with E-state index >= 15 is 0 Å². The van der Waals surface area contributed by atoms with Gasteiger partial charge in [-0.05, 0) is 25.1 Å². The van der Waals surface area contributed by atoms with Gasteiger partial charge in [-0.3, -0.25) is 0 Å². The maximum atomic E-state index is 6.00. The van der Waals surface area contributed by atoms with Crippen molar-refractivity contribution in [3.05, 3.63) is 48.1 Å². The number of benzene rings is 1. The Morgan fingerprint density at radius 2 is 2.20 bits per heavy atom. The van der Waals surface area contributed by atoms with Gasteiger partial charge in [0.25, 0.3) is 0 Å². The van der Waals surface area contributed by atoms with Crippen molar-refractivity contribution >= 4 is 5.69 Å². The van der Waals surface area contributed by atoms with Gasteiger partial charge < -0.3 is 10.5 Å². The van der Waals surface area contributed by atoms with Gasteiger partial charge in [0.05, 0.1) is 5.92 Å². The predicted octanol–water partition coefficient (Wildman–Crippen LogP) is 2.63. The lowest BCUT2D eigenvalue weighted by molar-refractivity contribution is 0.155. The standard InChI is InChI=1S/C13H13NO/c1-13-8-3-2-5-9(13)12-10(14)6-4-7-11(12)15-13/h2-9H,14H2,1H3. The molecule has 2 atom stereocenters. The van der Waals surface area contributed by atoms with E-state index in [1.54, 1.807) is 0 Å². The number of rotatable bonds is 0. The third kappa shape index (κ3) is 1.05. The van der Waals surface area contributed by atoms with E-state index in [2.05, 4.69) is 25.2 Å². The van der Waals surface area contributed by atoms with E-state index in [1.807, 2.05) is 24.3 Å². The highest BCUT2D eigenvalue weighted by atomic mass is 16.5. The van der Waals surface area contributed by atoms with Crippen molar-refractivity contribution in [3.63, 3.8) is 0 Å². The van der Waals surface area contributed by atoms with Crippen LogP contribution in [0.2, 0.25) is 0 Å². The van der Waals surface area contributed by atoms with Crippen molar-refractivity contribution in [2.45, 2.75) is 18.4 Å². The van der Waals surface area contributed by atoms with Crippen molar-refractivity contribution in [2.24, 2.45) is 0 Å². The monoisotopic (exact) mass is 199 g/mol. The number of fused-ring (bicyclic) bond motifs is 3. The summed E-state index contributed by atoms with van der Waals surface area (Å²) >= 11 is 0. The summed E-state index contributed by atoms with van der Waals surface area (Å²) in [4.78, 5) is 0. The maximum Gasteiger partial charge on any atom is 0.135 e. The first-order chi connectivity index (χ1) is 7.21. The van der Waals surface area contributed by atoms with Crippen molar-refractivity contribution in [3.8, 4) is 5.75 Å². The molecule has 0 radical (unpaired) electrons. The molecule has 3 rings (SSSR count). The summed E-state index contributed by atoms with van der Waals surface area (Å²) in [5.74, 6) is 1.16. The summed E-state index contributed by atoms with van der Waals surface area (Å²) < 4.78 is 5.96. The van der Waals surface area contributed by atoms with Crippen LogP contribution < -0.4 is 10.5 Å². The fourth-order valence-electron chi connectivity index (χ4n) is 2.42. The highest BCUT2D eigenvalue weighted by Crippen LogP contribution is 2.49. The molecule has 15 heavy (non-hydrogen) atoms. The molecule has 0 aromatic heterocycles. The van der Waals surface area contributed by atoms with Crippen LogP contribution in [-0.2, 0) is 0 Å². The molecule has 0 spiro atoms. The van der Waals surface area contributed by atoms with Crippen molar-refractivity contribution in [1.82, 2.24) is 0 Å². The van der Waals surface area contributed by atoms with Gasteiger partial charge in [-0.1, -0.05) is 24.3 Å². The van der Waals surface area contributed by atoms with Crippen LogP contribution in [0.4, 0.5) is 5.69 Å². The third-order valence-electron chi connectivity index (χ3n) is 3.20. The molecule has 2 unspecified atom stereocenters. The molecule has 1 aliphatic carbocycles. The molecule has 0 saturated carbocycles. The number of hydrogen-bond donors (Lipinski definition) is 1. The molecular weight excluding hydrogens is 186 g/mol. The van der Waals surface area contributed by atoms with E-state index < -0.39 is 0 Å². The Balaban J connectivity index is 2.22. The summed E-state index contributed by atoms with van der Waals surface area (Å²) in [7, 11) is 0. The lowest BCUT2D eigenvalue weighted by Crippen LogP contribution is -2.32. The zero-order chi connectivity index (χ0) is 10.5. The van der Waals surface area contributed by atoms with Crippen LogP contribution in [0.25, 0.3) is 0 Å². The molecule has 0 saturated heterocycles. The van der Waals surface area contributed by atoms with Crippen LogP contribution >= 0.6 is 0 Å². The second-order valence-corrected chi connectivity index (χ2v) is 4.27. The number of anilines is 1. The number of ether oxygens (including phenoxy) is 1. The average Bonchev–Trinajstić information content (AvgIpc) is 2.51. The fourth-order valence-corrected chi connectivity index (χ4v) is 2.42. The van der Waals surface area contributed by atoms with E-state index in [9.17, 15) is 0 Å². The van der Waals surface area contributed by atoms with E-state index in [0.29, 0.717) is 0 Å². The van der Waals surface area contributed by atoms with Crippen LogP contribution in [0.15, 0.2) is 42.5 Å². The first-order valence-electron chi connectivity index (χ1n) is 5.14. The van der Waals surface area contributed by atoms with Gasteiger partial charge in [0.1, 0.15) is 11.4 Å². The lowest BCUT2D eigenvalue weighted by atomic mass is 9.82. The second-order valence-electron chi connectivity index (χ2n) is 4.27. The highest BCUT2D eigenvalue weighted by Gasteiger charge is 2.43. The van der Waals surface area contributed by atoms with Gasteiger partial charge >= 0.3 is 0 Å². The Bertz CT molecular complexity index is 475. The fraction of sp³-hybridized carbons (Fsp3) is 0.231. The number of hydrogen-bond acceptors (Lipinski definition) is 2. The quantitative estimate of drug-likeness (QED) is 0.652. The molecule has 0 bridgehead atoms. The highest BCUT2D eigenvalue weighted by molar-refractivity contribution is 5.62. The van der Waals surface area contributed by atoms with Gasteiger partial charge in [0.15, 0.2) is 0 Å². The molecule has 1 aromatic rings. The first kappa shape index (κ1) is 8.60. The third-order valence-corrected chi connectivity index (χ3v) is 3.20. The van der Waals surface area contributed by atoms with Crippen LogP contribution in [0.5, 0.6) is 5.75 Å². The van der Waals surface area contributed by atoms with Crippen LogP contribution in [0.3, 0.4) is 0 Å². The summed E-state index contributed by atoms with van der Waals surface area (Å²) in [6.07, 6.45) is 8.33. The zero-order valence-electron chi connectivity index (χ0n) is 8.60. The molecule has 2 aliphatic rings. The van der Waals surface area contributed by atoms with Gasteiger partial charge in [-0.2, -0.15) is 0 Å². The van der Waals surface area contributed by atoms with Crippen molar-refractivity contribution in [1.29, 1.82) is 0 Å². The van der Waals surface area contributed by atoms with Crippen molar-refractivity contribution in [2.75, 3.05) is 5.73 Å². The molecule has 76 valence electrons. The van der Waals surface area contributed by atoms with Crippen LogP contribution in [0, 0.1) is 0 Å². The SMILES string of the molecule is CC12C=CC=CC1c1c(N)cccc1O2. The number of allylic oxidation sites excluding steroid dienone is 2. The molecule has 0 amide bonds.